The number of hydrogen-bond donors (Lipinski definition) is 1. The Morgan fingerprint density at radius 1 is 1.41 bits per heavy atom. The lowest BCUT2D eigenvalue weighted by Crippen LogP contribution is -2.07. The fourth-order valence-electron chi connectivity index (χ4n) is 1.66. The molecular weight excluding hydrogens is 236 g/mol. The van der Waals surface area contributed by atoms with E-state index >= 15 is 0 Å². The highest BCUT2D eigenvalue weighted by atomic mass is 32.2. The molecule has 5 heteroatoms. The van der Waals surface area contributed by atoms with Gasteiger partial charge < -0.3 is 5.11 Å². The van der Waals surface area contributed by atoms with Gasteiger partial charge in [-0.25, -0.2) is 4.68 Å². The number of aliphatic carboxylic acids is 1. The lowest BCUT2D eigenvalue weighted by molar-refractivity contribution is -0.136. The third-order valence-electron chi connectivity index (χ3n) is 2.38. The monoisotopic (exact) mass is 248 g/mol. The maximum atomic E-state index is 10.8. The Hall–Kier alpha value is -1.75. The second-order valence-electron chi connectivity index (χ2n) is 3.48. The molecule has 1 aromatic heterocycles. The molecular formula is C12H12N2O2S. The van der Waals surface area contributed by atoms with E-state index < -0.39 is 5.97 Å². The summed E-state index contributed by atoms with van der Waals surface area (Å²) in [6.07, 6.45) is 3.68. The van der Waals surface area contributed by atoms with E-state index in [0.29, 0.717) is 0 Å². The Balaban J connectivity index is 2.48. The van der Waals surface area contributed by atoms with Crippen LogP contribution in [0.4, 0.5) is 0 Å². The van der Waals surface area contributed by atoms with Crippen LogP contribution in [0.5, 0.6) is 0 Å². The van der Waals surface area contributed by atoms with E-state index in [4.69, 9.17) is 5.11 Å². The van der Waals surface area contributed by atoms with Crippen LogP contribution in [0.1, 0.15) is 5.56 Å². The number of carboxylic acid groups (broad SMARTS) is 1. The predicted molar refractivity (Wildman–Crippen MR) is 66.7 cm³/mol. The van der Waals surface area contributed by atoms with E-state index in [-0.39, 0.29) is 6.42 Å². The fourth-order valence-corrected chi connectivity index (χ4v) is 2.17. The van der Waals surface area contributed by atoms with Crippen molar-refractivity contribution in [2.24, 2.45) is 0 Å². The van der Waals surface area contributed by atoms with Crippen LogP contribution in [0.3, 0.4) is 0 Å². The van der Waals surface area contributed by atoms with Crippen molar-refractivity contribution in [1.82, 2.24) is 9.78 Å². The molecule has 2 rings (SSSR count). The number of carboxylic acids is 1. The van der Waals surface area contributed by atoms with Crippen molar-refractivity contribution in [3.63, 3.8) is 0 Å². The largest absolute Gasteiger partial charge is 0.481 e. The number of carbonyl (C=O) groups is 1. The van der Waals surface area contributed by atoms with Gasteiger partial charge >= 0.3 is 5.97 Å². The molecule has 0 fully saturated rings. The van der Waals surface area contributed by atoms with Crippen molar-refractivity contribution >= 4 is 17.7 Å². The number of thioether (sulfide) groups is 1. The number of aromatic nitrogens is 2. The first kappa shape index (κ1) is 11.7. The minimum Gasteiger partial charge on any atom is -0.481 e. The zero-order chi connectivity index (χ0) is 12.3. The third-order valence-corrected chi connectivity index (χ3v) is 3.11. The number of benzene rings is 1. The van der Waals surface area contributed by atoms with Crippen LogP contribution in [0.15, 0.2) is 41.6 Å². The van der Waals surface area contributed by atoms with Gasteiger partial charge in [0.2, 0.25) is 0 Å². The summed E-state index contributed by atoms with van der Waals surface area (Å²) < 4.78 is 1.77. The molecule has 0 amide bonds. The third kappa shape index (κ3) is 2.50. The highest BCUT2D eigenvalue weighted by molar-refractivity contribution is 7.98. The first-order valence-corrected chi connectivity index (χ1v) is 6.33. The van der Waals surface area contributed by atoms with Gasteiger partial charge in [0, 0.05) is 0 Å². The van der Waals surface area contributed by atoms with Crippen molar-refractivity contribution in [3.8, 4) is 5.69 Å². The Labute approximate surface area is 103 Å². The van der Waals surface area contributed by atoms with Crippen LogP contribution >= 0.6 is 11.8 Å². The Bertz CT molecular complexity index is 537. The number of hydrogen-bond acceptors (Lipinski definition) is 3. The van der Waals surface area contributed by atoms with Gasteiger partial charge in [-0.05, 0) is 24.0 Å². The van der Waals surface area contributed by atoms with Crippen molar-refractivity contribution in [2.75, 3.05) is 6.26 Å². The quantitative estimate of drug-likeness (QED) is 0.843. The van der Waals surface area contributed by atoms with Crippen LogP contribution in [0.25, 0.3) is 5.69 Å². The highest BCUT2D eigenvalue weighted by Crippen LogP contribution is 2.21. The van der Waals surface area contributed by atoms with E-state index in [9.17, 15) is 4.79 Å². The first-order chi connectivity index (χ1) is 8.22. The molecule has 1 N–H and O–H groups in total. The lowest BCUT2D eigenvalue weighted by atomic mass is 10.1. The molecule has 1 heterocycles. The molecule has 0 aliphatic rings. The number of rotatable bonds is 4. The summed E-state index contributed by atoms with van der Waals surface area (Å²) in [5, 5.41) is 14.1. The average molecular weight is 248 g/mol. The molecule has 1 aromatic carbocycles. The zero-order valence-corrected chi connectivity index (χ0v) is 10.1. The topological polar surface area (TPSA) is 55.1 Å². The minimum atomic E-state index is -0.838. The summed E-state index contributed by atoms with van der Waals surface area (Å²) in [5.74, 6) is -0.838. The Morgan fingerprint density at radius 3 is 2.88 bits per heavy atom. The van der Waals surface area contributed by atoms with Crippen LogP contribution in [0.2, 0.25) is 0 Å². The summed E-state index contributed by atoms with van der Waals surface area (Å²) in [4.78, 5) is 10.8. The van der Waals surface area contributed by atoms with Gasteiger partial charge in [-0.15, -0.1) is 11.8 Å². The molecule has 88 valence electrons. The second kappa shape index (κ2) is 5.05. The van der Waals surface area contributed by atoms with Crippen molar-refractivity contribution < 1.29 is 9.90 Å². The van der Waals surface area contributed by atoms with Gasteiger partial charge in [0.05, 0.1) is 23.3 Å². The van der Waals surface area contributed by atoms with Gasteiger partial charge in [0.15, 0.2) is 0 Å². The zero-order valence-electron chi connectivity index (χ0n) is 9.33. The molecule has 0 saturated carbocycles. The molecule has 0 atom stereocenters. The van der Waals surface area contributed by atoms with Gasteiger partial charge in [0.25, 0.3) is 0 Å². The van der Waals surface area contributed by atoms with E-state index in [1.165, 1.54) is 0 Å². The molecule has 4 nitrogen and oxygen atoms in total. The summed E-state index contributed by atoms with van der Waals surface area (Å²) in [7, 11) is 0. The fraction of sp³-hybridized carbons (Fsp3) is 0.167. The van der Waals surface area contributed by atoms with Crippen molar-refractivity contribution in [2.45, 2.75) is 11.4 Å². The predicted octanol–water partition coefficient (Wildman–Crippen LogP) is 2.22. The van der Waals surface area contributed by atoms with E-state index in [1.807, 2.05) is 36.6 Å². The summed E-state index contributed by atoms with van der Waals surface area (Å²) in [6, 6.07) is 9.32. The Kier molecular flexibility index (Phi) is 3.49. The van der Waals surface area contributed by atoms with Crippen molar-refractivity contribution in [1.29, 1.82) is 0 Å². The van der Waals surface area contributed by atoms with E-state index in [0.717, 1.165) is 16.3 Å². The molecule has 0 saturated heterocycles. The maximum absolute atomic E-state index is 10.8. The molecule has 0 aliphatic carbocycles. The van der Waals surface area contributed by atoms with E-state index in [2.05, 4.69) is 5.10 Å². The molecule has 0 aliphatic heterocycles. The highest BCUT2D eigenvalue weighted by Gasteiger charge is 2.10. The minimum absolute atomic E-state index is 0.00382. The molecule has 0 bridgehead atoms. The molecule has 2 aromatic rings. The number of para-hydroxylation sites is 1. The van der Waals surface area contributed by atoms with Crippen molar-refractivity contribution in [3.05, 3.63) is 42.1 Å². The Morgan fingerprint density at radius 2 is 2.18 bits per heavy atom. The molecule has 17 heavy (non-hydrogen) atoms. The van der Waals surface area contributed by atoms with Crippen LogP contribution in [0, 0.1) is 0 Å². The van der Waals surface area contributed by atoms with E-state index in [1.54, 1.807) is 22.6 Å². The summed E-state index contributed by atoms with van der Waals surface area (Å²) in [5.41, 5.74) is 1.59. The van der Waals surface area contributed by atoms with Gasteiger partial charge in [-0.1, -0.05) is 18.2 Å². The first-order valence-electron chi connectivity index (χ1n) is 5.10. The lowest BCUT2D eigenvalue weighted by Gasteiger charge is -2.09. The summed E-state index contributed by atoms with van der Waals surface area (Å²) >= 11 is 1.58. The normalized spacial score (nSPS) is 10.4. The summed E-state index contributed by atoms with van der Waals surface area (Å²) in [6.45, 7) is 0. The molecule has 0 spiro atoms. The molecule has 0 unspecified atom stereocenters. The smallest absolute Gasteiger partial charge is 0.307 e. The second-order valence-corrected chi connectivity index (χ2v) is 4.31. The van der Waals surface area contributed by atoms with Gasteiger partial charge in [-0.3, -0.25) is 4.79 Å². The maximum Gasteiger partial charge on any atom is 0.307 e. The van der Waals surface area contributed by atoms with Crippen LogP contribution < -0.4 is 0 Å². The SMILES string of the molecule is CSc1ccnn1-c1ccccc1CC(=O)O. The standard InChI is InChI=1S/C12H12N2O2S/c1-17-11-6-7-13-14(11)10-5-3-2-4-9(10)8-12(15)16/h2-7H,8H2,1H3,(H,15,16). The van der Waals surface area contributed by atoms with Crippen LogP contribution in [-0.2, 0) is 11.2 Å². The van der Waals surface area contributed by atoms with Crippen LogP contribution in [-0.4, -0.2) is 27.1 Å². The molecule has 0 radical (unpaired) electrons. The number of nitrogens with zero attached hydrogens (tertiary/aromatic N) is 2. The average Bonchev–Trinajstić information content (AvgIpc) is 2.77. The van der Waals surface area contributed by atoms with Gasteiger partial charge in [-0.2, -0.15) is 5.10 Å². The van der Waals surface area contributed by atoms with Gasteiger partial charge in [0.1, 0.15) is 0 Å².